The summed E-state index contributed by atoms with van der Waals surface area (Å²) < 4.78 is 25.0. The molecule has 1 unspecified atom stereocenters. The molecule has 1 fully saturated rings. The van der Waals surface area contributed by atoms with E-state index in [0.29, 0.717) is 41.3 Å². The van der Waals surface area contributed by atoms with E-state index in [9.17, 15) is 5.11 Å². The molecular formula is C28H31N5O5. The molecule has 198 valence electrons. The monoisotopic (exact) mass is 517 g/mol. The number of pyridine rings is 2. The number of hydrogen-bond donors (Lipinski definition) is 1. The number of ether oxygens (including phenoxy) is 2. The molecule has 0 saturated carbocycles. The van der Waals surface area contributed by atoms with Gasteiger partial charge in [0, 0.05) is 36.7 Å². The number of hydrogen-bond acceptors (Lipinski definition) is 9. The summed E-state index contributed by atoms with van der Waals surface area (Å²) in [5.74, 6) is 1.59. The van der Waals surface area contributed by atoms with Crippen molar-refractivity contribution in [2.24, 2.45) is 5.92 Å². The summed E-state index contributed by atoms with van der Waals surface area (Å²) >= 11 is 0. The highest BCUT2D eigenvalue weighted by Crippen LogP contribution is 2.45. The summed E-state index contributed by atoms with van der Waals surface area (Å²) in [5.41, 5.74) is 5.28. The highest BCUT2D eigenvalue weighted by atomic mass is 16.5. The second-order valence-corrected chi connectivity index (χ2v) is 10.4. The van der Waals surface area contributed by atoms with Crippen molar-refractivity contribution in [1.29, 1.82) is 0 Å². The van der Waals surface area contributed by atoms with Crippen LogP contribution in [-0.2, 0) is 10.3 Å². The number of nitrogens with zero attached hydrogens (tertiary/aromatic N) is 5. The van der Waals surface area contributed by atoms with E-state index in [1.165, 1.54) is 0 Å². The van der Waals surface area contributed by atoms with Crippen molar-refractivity contribution < 1.29 is 23.6 Å². The molecule has 1 atom stereocenters. The first-order valence-corrected chi connectivity index (χ1v) is 12.8. The van der Waals surface area contributed by atoms with Crippen LogP contribution in [0.1, 0.15) is 55.6 Å². The maximum Gasteiger partial charge on any atom is 0.211 e. The summed E-state index contributed by atoms with van der Waals surface area (Å²) in [6.45, 7) is 8.54. The Balaban J connectivity index is 1.72. The molecule has 0 aliphatic carbocycles. The van der Waals surface area contributed by atoms with Crippen molar-refractivity contribution in [3.63, 3.8) is 0 Å². The lowest BCUT2D eigenvalue weighted by molar-refractivity contribution is 0.0538. The lowest BCUT2D eigenvalue weighted by atomic mass is 9.88. The third-order valence-electron chi connectivity index (χ3n) is 7.44. The van der Waals surface area contributed by atoms with E-state index in [2.05, 4.69) is 20.9 Å². The first-order chi connectivity index (χ1) is 18.3. The molecule has 1 aliphatic heterocycles. The molecule has 0 bridgehead atoms. The zero-order chi connectivity index (χ0) is 26.6. The van der Waals surface area contributed by atoms with Gasteiger partial charge in [0.05, 0.1) is 24.4 Å². The Hall–Kier alpha value is -3.76. The van der Waals surface area contributed by atoms with Gasteiger partial charge in [0.1, 0.15) is 39.5 Å². The Kier molecular flexibility index (Phi) is 5.96. The van der Waals surface area contributed by atoms with Crippen LogP contribution in [0, 0.1) is 19.8 Å². The van der Waals surface area contributed by atoms with Gasteiger partial charge in [0.25, 0.3) is 0 Å². The molecule has 1 N–H and O–H groups in total. The van der Waals surface area contributed by atoms with Crippen LogP contribution < -0.4 is 4.74 Å². The van der Waals surface area contributed by atoms with Crippen molar-refractivity contribution in [2.75, 3.05) is 20.3 Å². The van der Waals surface area contributed by atoms with Gasteiger partial charge in [0.2, 0.25) is 5.58 Å². The van der Waals surface area contributed by atoms with Gasteiger partial charge in [-0.1, -0.05) is 10.3 Å². The second kappa shape index (κ2) is 9.21. The van der Waals surface area contributed by atoms with Crippen molar-refractivity contribution in [1.82, 2.24) is 24.8 Å². The molecule has 10 nitrogen and oxygen atoms in total. The standard InChI is InChI=1S/C28H31N5O5/c1-15-21(16(2)37-31-15)18-13-19-22(30-14-18)26-25(27(32-38-26)28(3,4)34)33(19)24(17-8-11-36-12-9-17)23-20(35-5)7-6-10-29-23/h6-7,10,13-14,17,24,34H,8-9,11-12H2,1-5H3. The molecule has 5 aromatic heterocycles. The number of aromatic nitrogens is 5. The highest BCUT2D eigenvalue weighted by molar-refractivity contribution is 6.04. The van der Waals surface area contributed by atoms with E-state index in [1.807, 2.05) is 26.0 Å². The van der Waals surface area contributed by atoms with Gasteiger partial charge in [-0.3, -0.25) is 4.98 Å². The van der Waals surface area contributed by atoms with Crippen LogP contribution in [0.5, 0.6) is 5.75 Å². The molecule has 5 aromatic rings. The molecule has 0 spiro atoms. The number of aryl methyl sites for hydroxylation is 2. The number of rotatable bonds is 6. The molecule has 0 aromatic carbocycles. The normalized spacial score (nSPS) is 15.9. The largest absolute Gasteiger partial charge is 0.495 e. The third-order valence-corrected chi connectivity index (χ3v) is 7.44. The van der Waals surface area contributed by atoms with E-state index in [1.54, 1.807) is 33.4 Å². The maximum atomic E-state index is 11.1. The predicted octanol–water partition coefficient (Wildman–Crippen LogP) is 5.10. The second-order valence-electron chi connectivity index (χ2n) is 10.4. The van der Waals surface area contributed by atoms with Crippen molar-refractivity contribution in [2.45, 2.75) is 52.2 Å². The predicted molar refractivity (Wildman–Crippen MR) is 140 cm³/mol. The molecule has 1 aliphatic rings. The summed E-state index contributed by atoms with van der Waals surface area (Å²) in [6, 6.07) is 5.62. The minimum Gasteiger partial charge on any atom is -0.495 e. The fourth-order valence-electron chi connectivity index (χ4n) is 5.70. The quantitative estimate of drug-likeness (QED) is 0.328. The molecule has 6 heterocycles. The van der Waals surface area contributed by atoms with Gasteiger partial charge >= 0.3 is 0 Å². The zero-order valence-corrected chi connectivity index (χ0v) is 22.2. The van der Waals surface area contributed by atoms with E-state index < -0.39 is 5.60 Å². The summed E-state index contributed by atoms with van der Waals surface area (Å²) in [7, 11) is 1.66. The Morgan fingerprint density at radius 2 is 1.92 bits per heavy atom. The Bertz CT molecular complexity index is 1600. The molecule has 0 amide bonds. The van der Waals surface area contributed by atoms with Crippen LogP contribution >= 0.6 is 0 Å². The SMILES string of the molecule is COc1cccnc1C(C1CCOCC1)n1c2cc(-c3c(C)noc3C)cnc2c2onc(C(C)(C)O)c21. The van der Waals surface area contributed by atoms with Gasteiger partial charge in [0.15, 0.2) is 0 Å². The average Bonchev–Trinajstić information content (AvgIpc) is 3.58. The average molecular weight is 518 g/mol. The fourth-order valence-corrected chi connectivity index (χ4v) is 5.70. The van der Waals surface area contributed by atoms with E-state index in [0.717, 1.165) is 46.6 Å². The Morgan fingerprint density at radius 1 is 1.13 bits per heavy atom. The molecule has 6 rings (SSSR count). The topological polar surface area (TPSA) is 121 Å². The summed E-state index contributed by atoms with van der Waals surface area (Å²) in [4.78, 5) is 9.67. The first-order valence-electron chi connectivity index (χ1n) is 12.8. The molecule has 38 heavy (non-hydrogen) atoms. The smallest absolute Gasteiger partial charge is 0.211 e. The van der Waals surface area contributed by atoms with Crippen LogP contribution in [0.25, 0.3) is 33.3 Å². The first kappa shape index (κ1) is 24.6. The van der Waals surface area contributed by atoms with Crippen molar-refractivity contribution >= 4 is 22.1 Å². The summed E-state index contributed by atoms with van der Waals surface area (Å²) in [5, 5.41) is 19.6. The Morgan fingerprint density at radius 3 is 2.61 bits per heavy atom. The number of fused-ring (bicyclic) bond motifs is 3. The molecular weight excluding hydrogens is 486 g/mol. The van der Waals surface area contributed by atoms with Crippen LogP contribution in [0.2, 0.25) is 0 Å². The van der Waals surface area contributed by atoms with E-state index in [-0.39, 0.29) is 12.0 Å². The third kappa shape index (κ3) is 3.86. The molecule has 0 radical (unpaired) electrons. The molecule has 10 heteroatoms. The molecule has 1 saturated heterocycles. The van der Waals surface area contributed by atoms with Gasteiger partial charge < -0.3 is 28.2 Å². The minimum atomic E-state index is -1.25. The number of aliphatic hydroxyl groups is 1. The van der Waals surface area contributed by atoms with Crippen LogP contribution in [-0.4, -0.2) is 50.3 Å². The van der Waals surface area contributed by atoms with Crippen molar-refractivity contribution in [3.8, 4) is 16.9 Å². The van der Waals surface area contributed by atoms with Gasteiger partial charge in [-0.15, -0.1) is 0 Å². The lowest BCUT2D eigenvalue weighted by Crippen LogP contribution is -2.28. The van der Waals surface area contributed by atoms with Gasteiger partial charge in [-0.05, 0) is 64.7 Å². The van der Waals surface area contributed by atoms with Crippen LogP contribution in [0.15, 0.2) is 39.6 Å². The van der Waals surface area contributed by atoms with Crippen LogP contribution in [0.4, 0.5) is 0 Å². The van der Waals surface area contributed by atoms with Gasteiger partial charge in [-0.25, -0.2) is 4.98 Å². The lowest BCUT2D eigenvalue weighted by Gasteiger charge is -2.33. The van der Waals surface area contributed by atoms with Gasteiger partial charge in [-0.2, -0.15) is 0 Å². The summed E-state index contributed by atoms with van der Waals surface area (Å²) in [6.07, 6.45) is 5.26. The number of methoxy groups -OCH3 is 1. The Labute approximate surface area is 219 Å². The minimum absolute atomic E-state index is 0.179. The van der Waals surface area contributed by atoms with Crippen molar-refractivity contribution in [3.05, 3.63) is 53.4 Å². The van der Waals surface area contributed by atoms with E-state index >= 15 is 0 Å². The maximum absolute atomic E-state index is 11.1. The van der Waals surface area contributed by atoms with Crippen LogP contribution in [0.3, 0.4) is 0 Å². The van der Waals surface area contributed by atoms with E-state index in [4.69, 9.17) is 28.5 Å². The highest BCUT2D eigenvalue weighted by Gasteiger charge is 2.37. The fraction of sp³-hybridized carbons (Fsp3) is 0.429. The zero-order valence-electron chi connectivity index (χ0n) is 22.2.